The van der Waals surface area contributed by atoms with Crippen molar-refractivity contribution < 1.29 is 22.7 Å². The molecule has 0 aliphatic carbocycles. The number of aromatic amines is 1. The number of aromatic nitrogens is 5. The molecule has 0 unspecified atom stereocenters. The van der Waals surface area contributed by atoms with E-state index in [1.807, 2.05) is 0 Å². The first-order chi connectivity index (χ1) is 20.4. The van der Waals surface area contributed by atoms with Gasteiger partial charge in [-0.05, 0) is 55.4 Å². The predicted molar refractivity (Wildman–Crippen MR) is 148 cm³/mol. The van der Waals surface area contributed by atoms with Gasteiger partial charge in [0.05, 0.1) is 11.7 Å². The minimum atomic E-state index is -1.12. The Kier molecular flexibility index (Phi) is 7.27. The normalized spacial score (nSPS) is 16.7. The van der Waals surface area contributed by atoms with Crippen molar-refractivity contribution in [2.75, 3.05) is 23.7 Å². The number of amides is 1. The van der Waals surface area contributed by atoms with Crippen LogP contribution in [0.4, 0.5) is 24.7 Å². The van der Waals surface area contributed by atoms with E-state index in [-0.39, 0.29) is 35.0 Å². The lowest BCUT2D eigenvalue weighted by molar-refractivity contribution is 0.102. The van der Waals surface area contributed by atoms with Crippen molar-refractivity contribution in [3.05, 3.63) is 94.5 Å². The molecular weight excluding hydrogens is 553 g/mol. The number of hydrogen-bond acceptors (Lipinski definition) is 8. The monoisotopic (exact) mass is 576 g/mol. The smallest absolute Gasteiger partial charge is 0.284 e. The highest BCUT2D eigenvalue weighted by molar-refractivity contribution is 6.04. The van der Waals surface area contributed by atoms with E-state index in [1.165, 1.54) is 48.8 Å². The van der Waals surface area contributed by atoms with E-state index in [0.29, 0.717) is 29.8 Å². The summed E-state index contributed by atoms with van der Waals surface area (Å²) in [5, 5.41) is 19.9. The Balaban J connectivity index is 1.21. The van der Waals surface area contributed by atoms with Gasteiger partial charge in [-0.3, -0.25) is 14.7 Å². The third-order valence-corrected chi connectivity index (χ3v) is 6.72. The van der Waals surface area contributed by atoms with Gasteiger partial charge in [0, 0.05) is 36.8 Å². The molecule has 214 valence electrons. The van der Waals surface area contributed by atoms with Gasteiger partial charge in [0.1, 0.15) is 28.7 Å². The van der Waals surface area contributed by atoms with Crippen LogP contribution in [0.3, 0.4) is 0 Å². The van der Waals surface area contributed by atoms with Gasteiger partial charge in [0.15, 0.2) is 23.0 Å². The largest absolute Gasteiger partial charge is 0.453 e. The molecule has 6 rings (SSSR count). The summed E-state index contributed by atoms with van der Waals surface area (Å²) in [6.07, 6.45) is 2.14. The fourth-order valence-electron chi connectivity index (χ4n) is 4.60. The van der Waals surface area contributed by atoms with Crippen molar-refractivity contribution in [1.82, 2.24) is 30.3 Å². The SMILES string of the molecule is O=C(Nc1ccc(Oc2ccnc3[nH]nc(N[C@H]4CCNC[C@H]4F)c23)c(F)c1)c1ccnn(-c2ccc(F)cc2)c1=O. The van der Waals surface area contributed by atoms with Gasteiger partial charge in [-0.2, -0.15) is 14.9 Å². The lowest BCUT2D eigenvalue weighted by Gasteiger charge is -2.27. The zero-order valence-corrected chi connectivity index (χ0v) is 21.8. The standard InChI is InChI=1S/C28H23F3N8O3/c29-15-1-4-17(5-2-15)39-28(41)18(7-12-34-39)27(40)35-16-3-6-22(19(30)13-16)42-23-9-11-33-25-24(23)26(38-37-25)36-21-8-10-32-14-20(21)31/h1-7,9,11-13,20-21,32H,8,10,14H2,(H,35,40)(H2,33,36,37,38)/t20-,21+/m1/s1. The molecule has 0 bridgehead atoms. The van der Waals surface area contributed by atoms with Crippen LogP contribution < -0.4 is 26.2 Å². The van der Waals surface area contributed by atoms with Crippen molar-refractivity contribution in [1.29, 1.82) is 0 Å². The molecule has 42 heavy (non-hydrogen) atoms. The molecule has 5 aromatic rings. The van der Waals surface area contributed by atoms with E-state index in [4.69, 9.17) is 4.74 Å². The lowest BCUT2D eigenvalue weighted by atomic mass is 10.0. The van der Waals surface area contributed by atoms with Crippen LogP contribution in [0.25, 0.3) is 16.7 Å². The Hall–Kier alpha value is -5.24. The molecule has 0 saturated carbocycles. The van der Waals surface area contributed by atoms with Crippen LogP contribution in [0.5, 0.6) is 11.5 Å². The number of halogens is 3. The molecule has 3 aromatic heterocycles. The average molecular weight is 577 g/mol. The Bertz CT molecular complexity index is 1830. The highest BCUT2D eigenvalue weighted by Gasteiger charge is 2.26. The summed E-state index contributed by atoms with van der Waals surface area (Å²) >= 11 is 0. The maximum absolute atomic E-state index is 15.1. The number of benzene rings is 2. The maximum Gasteiger partial charge on any atom is 0.284 e. The van der Waals surface area contributed by atoms with Crippen LogP contribution in [-0.2, 0) is 0 Å². The average Bonchev–Trinajstić information content (AvgIpc) is 3.40. The number of anilines is 2. The number of nitrogens with one attached hydrogen (secondary N) is 4. The third-order valence-electron chi connectivity index (χ3n) is 6.72. The number of ether oxygens (including phenoxy) is 1. The van der Waals surface area contributed by atoms with E-state index >= 15 is 4.39 Å². The second-order valence-corrected chi connectivity index (χ2v) is 9.50. The van der Waals surface area contributed by atoms with Gasteiger partial charge in [0.2, 0.25) is 0 Å². The van der Waals surface area contributed by atoms with Gasteiger partial charge >= 0.3 is 0 Å². The number of hydrogen-bond donors (Lipinski definition) is 4. The minimum absolute atomic E-state index is 0.0693. The highest BCUT2D eigenvalue weighted by atomic mass is 19.1. The number of pyridine rings is 1. The van der Waals surface area contributed by atoms with Gasteiger partial charge in [-0.15, -0.1) is 0 Å². The van der Waals surface area contributed by atoms with Gasteiger partial charge in [-0.1, -0.05) is 0 Å². The predicted octanol–water partition coefficient (Wildman–Crippen LogP) is 3.94. The highest BCUT2D eigenvalue weighted by Crippen LogP contribution is 2.35. The van der Waals surface area contributed by atoms with E-state index < -0.39 is 35.3 Å². The van der Waals surface area contributed by atoms with Crippen LogP contribution in [0.15, 0.2) is 71.8 Å². The molecule has 11 nitrogen and oxygen atoms in total. The van der Waals surface area contributed by atoms with Crippen LogP contribution in [-0.4, -0.2) is 56.2 Å². The number of carbonyl (C=O) groups excluding carboxylic acids is 1. The zero-order valence-electron chi connectivity index (χ0n) is 21.8. The molecule has 14 heteroatoms. The molecule has 0 spiro atoms. The quantitative estimate of drug-likeness (QED) is 0.229. The molecule has 1 saturated heterocycles. The third kappa shape index (κ3) is 5.39. The first-order valence-electron chi connectivity index (χ1n) is 12.9. The van der Waals surface area contributed by atoms with Crippen molar-refractivity contribution >= 4 is 28.4 Å². The fourth-order valence-corrected chi connectivity index (χ4v) is 4.60. The molecule has 4 N–H and O–H groups in total. The summed E-state index contributed by atoms with van der Waals surface area (Å²) in [6, 6.07) is 11.1. The zero-order chi connectivity index (χ0) is 29.2. The summed E-state index contributed by atoms with van der Waals surface area (Å²) in [4.78, 5) is 30.0. The minimum Gasteiger partial charge on any atom is -0.453 e. The molecule has 1 aliphatic heterocycles. The number of piperidine rings is 1. The number of H-pyrrole nitrogens is 1. The summed E-state index contributed by atoms with van der Waals surface area (Å²) in [5.74, 6) is -1.67. The van der Waals surface area contributed by atoms with E-state index in [0.717, 1.165) is 22.9 Å². The molecule has 2 aromatic carbocycles. The van der Waals surface area contributed by atoms with Crippen LogP contribution in [0, 0.1) is 11.6 Å². The Morgan fingerprint density at radius 3 is 2.67 bits per heavy atom. The number of nitrogens with zero attached hydrogens (tertiary/aromatic N) is 4. The van der Waals surface area contributed by atoms with Crippen LogP contribution in [0.1, 0.15) is 16.8 Å². The van der Waals surface area contributed by atoms with Crippen molar-refractivity contribution in [3.8, 4) is 17.2 Å². The topological polar surface area (TPSA) is 139 Å². The van der Waals surface area contributed by atoms with E-state index in [9.17, 15) is 18.4 Å². The Morgan fingerprint density at radius 2 is 1.88 bits per heavy atom. The fraction of sp³-hybridized carbons (Fsp3) is 0.179. The van der Waals surface area contributed by atoms with Crippen molar-refractivity contribution in [2.24, 2.45) is 0 Å². The summed E-state index contributed by atoms with van der Waals surface area (Å²) < 4.78 is 49.6. The van der Waals surface area contributed by atoms with Gasteiger partial charge < -0.3 is 20.7 Å². The van der Waals surface area contributed by atoms with Crippen LogP contribution in [0.2, 0.25) is 0 Å². The molecule has 1 fully saturated rings. The maximum atomic E-state index is 15.1. The van der Waals surface area contributed by atoms with Crippen LogP contribution >= 0.6 is 0 Å². The lowest BCUT2D eigenvalue weighted by Crippen LogP contribution is -2.45. The molecule has 4 heterocycles. The number of rotatable bonds is 7. The molecule has 2 atom stereocenters. The molecule has 0 radical (unpaired) electrons. The van der Waals surface area contributed by atoms with Gasteiger partial charge in [0.25, 0.3) is 11.5 Å². The number of alkyl halides is 1. The second-order valence-electron chi connectivity index (χ2n) is 9.50. The van der Waals surface area contributed by atoms with Crippen molar-refractivity contribution in [3.63, 3.8) is 0 Å². The molecule has 1 aliphatic rings. The van der Waals surface area contributed by atoms with Crippen molar-refractivity contribution in [2.45, 2.75) is 18.6 Å². The first kappa shape index (κ1) is 27.0. The Labute approximate surface area is 235 Å². The summed E-state index contributed by atoms with van der Waals surface area (Å²) in [5.41, 5.74) is -0.285. The second kappa shape index (κ2) is 11.3. The Morgan fingerprint density at radius 1 is 1.05 bits per heavy atom. The summed E-state index contributed by atoms with van der Waals surface area (Å²) in [6.45, 7) is 0.878. The van der Waals surface area contributed by atoms with E-state index in [1.54, 1.807) is 0 Å². The molecular formula is C28H23F3N8O3. The van der Waals surface area contributed by atoms with Gasteiger partial charge in [-0.25, -0.2) is 18.2 Å². The summed E-state index contributed by atoms with van der Waals surface area (Å²) in [7, 11) is 0. The molecule has 1 amide bonds. The first-order valence-corrected chi connectivity index (χ1v) is 12.9. The number of fused-ring (bicyclic) bond motifs is 1. The van der Waals surface area contributed by atoms with E-state index in [2.05, 4.69) is 36.2 Å². The number of carbonyl (C=O) groups is 1.